The number of benzene rings is 1. The van der Waals surface area contributed by atoms with Gasteiger partial charge in [0.05, 0.1) is 11.0 Å². The van der Waals surface area contributed by atoms with E-state index in [-0.39, 0.29) is 5.95 Å². The Morgan fingerprint density at radius 1 is 1.18 bits per heavy atom. The van der Waals surface area contributed by atoms with Gasteiger partial charge >= 0.3 is 6.18 Å². The Kier molecular flexibility index (Phi) is 5.96. The lowest BCUT2D eigenvalue weighted by Crippen LogP contribution is -2.52. The number of aryl methyl sites for hydroxylation is 1. The van der Waals surface area contributed by atoms with Crippen molar-refractivity contribution in [3.05, 3.63) is 52.9 Å². The smallest absolute Gasteiger partial charge is 0.392 e. The molecule has 0 spiro atoms. The summed E-state index contributed by atoms with van der Waals surface area (Å²) < 4.78 is 38.9. The first kappa shape index (κ1) is 23.6. The maximum atomic E-state index is 13.0. The average molecular weight is 479 g/mol. The van der Waals surface area contributed by atoms with Crippen LogP contribution < -0.4 is 5.32 Å². The molecule has 0 radical (unpaired) electrons. The van der Waals surface area contributed by atoms with Gasteiger partial charge in [0.15, 0.2) is 0 Å². The summed E-state index contributed by atoms with van der Waals surface area (Å²) in [4.78, 5) is 12.7. The van der Waals surface area contributed by atoms with Crippen LogP contribution in [-0.2, 0) is 11.8 Å². The van der Waals surface area contributed by atoms with Gasteiger partial charge in [-0.1, -0.05) is 19.9 Å². The summed E-state index contributed by atoms with van der Waals surface area (Å²) in [5, 5.41) is 25.3. The minimum Gasteiger partial charge on any atom is -0.392 e. The van der Waals surface area contributed by atoms with Gasteiger partial charge in [0, 0.05) is 23.5 Å². The molecule has 0 saturated heterocycles. The van der Waals surface area contributed by atoms with Crippen LogP contribution in [0.25, 0.3) is 10.4 Å². The number of aromatic nitrogens is 3. The van der Waals surface area contributed by atoms with E-state index in [2.05, 4.69) is 20.3 Å². The molecule has 1 fully saturated rings. The van der Waals surface area contributed by atoms with Gasteiger partial charge in [-0.15, -0.1) is 11.3 Å². The number of halogens is 3. The third kappa shape index (κ3) is 4.47. The zero-order valence-electron chi connectivity index (χ0n) is 18.4. The molecule has 0 amide bonds. The van der Waals surface area contributed by atoms with Crippen LogP contribution >= 0.6 is 11.3 Å². The largest absolute Gasteiger partial charge is 0.433 e. The Bertz CT molecular complexity index is 1160. The molecule has 0 aliphatic heterocycles. The van der Waals surface area contributed by atoms with Gasteiger partial charge in [0.25, 0.3) is 0 Å². The number of nitrogens with zero attached hydrogens (tertiary/aromatic N) is 3. The SMILES string of the molecule is Cc1cc(Nc2nccc(C(F)(F)F)n2)cc(-c2cnc([C@@]3(O)CCC[C@@H](O)C3(C)C)s2)c1. The summed E-state index contributed by atoms with van der Waals surface area (Å²) in [6, 6.07) is 6.31. The van der Waals surface area contributed by atoms with Crippen molar-refractivity contribution in [2.24, 2.45) is 5.41 Å². The molecule has 3 aromatic rings. The second kappa shape index (κ2) is 8.34. The minimum absolute atomic E-state index is 0.154. The highest BCUT2D eigenvalue weighted by Gasteiger charge is 2.53. The summed E-state index contributed by atoms with van der Waals surface area (Å²) in [6.45, 7) is 5.57. The van der Waals surface area contributed by atoms with Gasteiger partial charge < -0.3 is 15.5 Å². The van der Waals surface area contributed by atoms with Crippen LogP contribution in [0.3, 0.4) is 0 Å². The van der Waals surface area contributed by atoms with Crippen LogP contribution in [0.5, 0.6) is 0 Å². The number of aliphatic hydroxyl groups excluding tert-OH is 1. The number of alkyl halides is 3. The van der Waals surface area contributed by atoms with Gasteiger partial charge in [-0.05, 0) is 55.5 Å². The Morgan fingerprint density at radius 3 is 2.67 bits per heavy atom. The fraction of sp³-hybridized carbons (Fsp3) is 0.435. The van der Waals surface area contributed by atoms with Gasteiger partial charge in [-0.2, -0.15) is 13.2 Å². The Balaban J connectivity index is 1.64. The predicted octanol–water partition coefficient (Wildman–Crippen LogP) is 5.43. The Hall–Kier alpha value is -2.56. The summed E-state index contributed by atoms with van der Waals surface area (Å²) in [6.07, 6.45) is -0.608. The van der Waals surface area contributed by atoms with E-state index in [0.29, 0.717) is 30.0 Å². The van der Waals surface area contributed by atoms with E-state index in [1.807, 2.05) is 26.8 Å². The monoisotopic (exact) mass is 478 g/mol. The zero-order valence-corrected chi connectivity index (χ0v) is 19.3. The van der Waals surface area contributed by atoms with Crippen molar-refractivity contribution in [1.82, 2.24) is 15.0 Å². The van der Waals surface area contributed by atoms with Crippen molar-refractivity contribution in [3.8, 4) is 10.4 Å². The molecule has 2 atom stereocenters. The molecule has 2 aromatic heterocycles. The maximum Gasteiger partial charge on any atom is 0.433 e. The topological polar surface area (TPSA) is 91.2 Å². The molecule has 0 unspecified atom stereocenters. The average Bonchev–Trinajstić information content (AvgIpc) is 3.22. The van der Waals surface area contributed by atoms with Crippen LogP contribution in [0.1, 0.15) is 49.4 Å². The molecule has 2 heterocycles. The molecule has 4 rings (SSSR count). The zero-order chi connectivity index (χ0) is 24.0. The highest BCUT2D eigenvalue weighted by molar-refractivity contribution is 7.15. The molecule has 6 nitrogen and oxygen atoms in total. The van der Waals surface area contributed by atoms with Gasteiger partial charge in [-0.25, -0.2) is 15.0 Å². The van der Waals surface area contributed by atoms with Crippen LogP contribution in [0, 0.1) is 12.3 Å². The van der Waals surface area contributed by atoms with E-state index in [1.54, 1.807) is 18.3 Å². The van der Waals surface area contributed by atoms with E-state index >= 15 is 0 Å². The first-order valence-electron chi connectivity index (χ1n) is 10.6. The second-order valence-corrected chi connectivity index (χ2v) is 10.0. The number of thiazole rings is 1. The highest BCUT2D eigenvalue weighted by Crippen LogP contribution is 2.51. The molecular weight excluding hydrogens is 453 g/mol. The normalized spacial score (nSPS) is 22.8. The molecule has 1 saturated carbocycles. The third-order valence-corrected chi connectivity index (χ3v) is 7.54. The number of rotatable bonds is 4. The molecule has 1 aliphatic rings. The second-order valence-electron chi connectivity index (χ2n) is 9.00. The van der Waals surface area contributed by atoms with E-state index in [1.165, 1.54) is 11.3 Å². The fourth-order valence-electron chi connectivity index (χ4n) is 4.19. The number of anilines is 2. The molecule has 10 heteroatoms. The van der Waals surface area contributed by atoms with Gasteiger partial charge in [0.2, 0.25) is 5.95 Å². The molecular formula is C23H25F3N4O2S. The molecule has 1 aromatic carbocycles. The first-order chi connectivity index (χ1) is 15.4. The van der Waals surface area contributed by atoms with Crippen molar-refractivity contribution in [3.63, 3.8) is 0 Å². The third-order valence-electron chi connectivity index (χ3n) is 6.34. The quantitative estimate of drug-likeness (QED) is 0.463. The molecule has 1 aliphatic carbocycles. The number of hydrogen-bond acceptors (Lipinski definition) is 7. The van der Waals surface area contributed by atoms with Crippen LogP contribution in [0.2, 0.25) is 0 Å². The summed E-state index contributed by atoms with van der Waals surface area (Å²) in [5.74, 6) is -0.154. The van der Waals surface area contributed by atoms with E-state index < -0.39 is 29.0 Å². The maximum absolute atomic E-state index is 13.0. The lowest BCUT2D eigenvalue weighted by Gasteiger charge is -2.48. The number of hydrogen-bond donors (Lipinski definition) is 3. The number of aliphatic hydroxyl groups is 2. The highest BCUT2D eigenvalue weighted by atomic mass is 32.1. The molecule has 176 valence electrons. The van der Waals surface area contributed by atoms with E-state index in [4.69, 9.17) is 0 Å². The standard InChI is InChI=1S/C23H25F3N4O2S/c1-13-9-14(11-15(10-13)29-20-27-8-6-17(30-20)23(24,25)26)16-12-28-19(33-16)22(32)7-4-5-18(31)21(22,2)3/h6,8-12,18,31-32H,4-5,7H2,1-3H3,(H,27,29,30)/t18-,22+/m1/s1. The van der Waals surface area contributed by atoms with Crippen molar-refractivity contribution >= 4 is 23.0 Å². The van der Waals surface area contributed by atoms with Gasteiger partial charge in [-0.3, -0.25) is 0 Å². The van der Waals surface area contributed by atoms with Crippen LogP contribution in [0.15, 0.2) is 36.7 Å². The van der Waals surface area contributed by atoms with Crippen molar-refractivity contribution in [2.45, 2.75) is 57.9 Å². The lowest BCUT2D eigenvalue weighted by molar-refractivity contribution is -0.161. The Labute approximate surface area is 193 Å². The molecule has 0 bridgehead atoms. The lowest BCUT2D eigenvalue weighted by atomic mass is 9.64. The van der Waals surface area contributed by atoms with Crippen LogP contribution in [-0.4, -0.2) is 31.3 Å². The molecule has 33 heavy (non-hydrogen) atoms. The van der Waals surface area contributed by atoms with Gasteiger partial charge in [0.1, 0.15) is 16.3 Å². The van der Waals surface area contributed by atoms with Crippen LogP contribution in [0.4, 0.5) is 24.8 Å². The molecule has 3 N–H and O–H groups in total. The summed E-state index contributed by atoms with van der Waals surface area (Å²) >= 11 is 1.35. The summed E-state index contributed by atoms with van der Waals surface area (Å²) in [7, 11) is 0. The Morgan fingerprint density at radius 2 is 1.94 bits per heavy atom. The van der Waals surface area contributed by atoms with Crippen molar-refractivity contribution in [2.75, 3.05) is 5.32 Å². The number of nitrogens with one attached hydrogen (secondary N) is 1. The minimum atomic E-state index is -4.56. The van der Waals surface area contributed by atoms with Crippen molar-refractivity contribution < 1.29 is 23.4 Å². The van der Waals surface area contributed by atoms with E-state index in [9.17, 15) is 23.4 Å². The predicted molar refractivity (Wildman–Crippen MR) is 120 cm³/mol. The van der Waals surface area contributed by atoms with E-state index in [0.717, 1.165) is 28.3 Å². The first-order valence-corrected chi connectivity index (χ1v) is 11.4. The fourth-order valence-corrected chi connectivity index (χ4v) is 5.38. The summed E-state index contributed by atoms with van der Waals surface area (Å²) in [5.41, 5.74) is -0.808. The van der Waals surface area contributed by atoms with Crippen molar-refractivity contribution in [1.29, 1.82) is 0 Å².